The van der Waals surface area contributed by atoms with Crippen molar-refractivity contribution >= 4 is 27.2 Å². The first kappa shape index (κ1) is 22.0. The normalized spacial score (nSPS) is 23.7. The highest BCUT2D eigenvalue weighted by atomic mass is 32.2. The number of nitrogens with one attached hydrogen (secondary N) is 1. The summed E-state index contributed by atoms with van der Waals surface area (Å²) in [5, 5.41) is 11.1. The molecule has 2 atom stereocenters. The van der Waals surface area contributed by atoms with Crippen molar-refractivity contribution in [2.24, 2.45) is 5.92 Å². The summed E-state index contributed by atoms with van der Waals surface area (Å²) in [5.41, 5.74) is 3.44. The van der Waals surface area contributed by atoms with Crippen molar-refractivity contribution in [2.75, 3.05) is 31.6 Å². The van der Waals surface area contributed by atoms with Crippen LogP contribution in [0.1, 0.15) is 32.3 Å². The molecule has 0 spiro atoms. The Morgan fingerprint density at radius 2 is 2.18 bits per heavy atom. The smallest absolute Gasteiger partial charge is 0.216 e. The second-order valence-electron chi connectivity index (χ2n) is 8.73. The van der Waals surface area contributed by atoms with Gasteiger partial charge in [0.1, 0.15) is 18.3 Å². The van der Waals surface area contributed by atoms with Gasteiger partial charge in [-0.15, -0.1) is 10.2 Å². The number of fused-ring (bicyclic) bond motifs is 1. The molecule has 2 aromatic heterocycles. The van der Waals surface area contributed by atoms with Crippen molar-refractivity contribution in [1.29, 1.82) is 0 Å². The van der Waals surface area contributed by atoms with E-state index in [1.165, 1.54) is 4.31 Å². The Morgan fingerprint density at radius 1 is 1.33 bits per heavy atom. The van der Waals surface area contributed by atoms with Gasteiger partial charge in [0, 0.05) is 43.7 Å². The largest absolute Gasteiger partial charge is 0.493 e. The molecule has 0 fully saturated rings. The molecule has 176 valence electrons. The summed E-state index contributed by atoms with van der Waals surface area (Å²) in [5.74, 6) is 1.00. The second-order valence-corrected chi connectivity index (χ2v) is 11.2. The molecule has 11 heteroatoms. The van der Waals surface area contributed by atoms with Gasteiger partial charge in [0.15, 0.2) is 5.65 Å². The number of ether oxygens (including phenoxy) is 1. The van der Waals surface area contributed by atoms with Crippen LogP contribution in [0, 0.1) is 5.92 Å². The van der Waals surface area contributed by atoms with E-state index in [1.54, 1.807) is 42.9 Å². The van der Waals surface area contributed by atoms with Gasteiger partial charge in [-0.25, -0.2) is 17.8 Å². The molecule has 1 N–H and O–H groups in total. The highest BCUT2D eigenvalue weighted by molar-refractivity contribution is 7.89. The molecule has 0 saturated carbocycles. The van der Waals surface area contributed by atoms with Gasteiger partial charge in [-0.2, -0.15) is 4.31 Å². The highest BCUT2D eigenvalue weighted by Gasteiger charge is 2.32. The number of halogens is 1. The number of rotatable bonds is 6. The molecule has 2 aromatic rings. The van der Waals surface area contributed by atoms with E-state index >= 15 is 0 Å². The standard InChI is InChI=1S/C22H27FN6O3S/c1-14(2)33(30,31)28-8-5-15(6-9-28)17-11-24-22(29-13-26-27-21(17)29)25-12-18-16-7-10-32-20(16)4-3-19(18)23/h3-5,11,13-14,18-19H,6-10,12H2,1-2H3,(H,24,25)/t18?,19-/m1/s1. The molecular formula is C22H27FN6O3S. The SMILES string of the molecule is CC(C)S(=O)(=O)N1CC=C(c2cnc(NCC3C4=C(C=C[C@H]3F)OCC4)n3cnnc23)CC1. The number of aromatic nitrogens is 4. The monoisotopic (exact) mass is 474 g/mol. The van der Waals surface area contributed by atoms with Gasteiger partial charge < -0.3 is 10.1 Å². The predicted molar refractivity (Wildman–Crippen MR) is 123 cm³/mol. The molecule has 0 amide bonds. The molecule has 0 bridgehead atoms. The van der Waals surface area contributed by atoms with Crippen molar-refractivity contribution in [3.8, 4) is 0 Å². The van der Waals surface area contributed by atoms with E-state index in [0.29, 0.717) is 44.3 Å². The van der Waals surface area contributed by atoms with Crippen molar-refractivity contribution < 1.29 is 17.5 Å². The quantitative estimate of drug-likeness (QED) is 0.687. The molecule has 1 aliphatic carbocycles. The van der Waals surface area contributed by atoms with Gasteiger partial charge in [0.2, 0.25) is 16.0 Å². The average Bonchev–Trinajstić information content (AvgIpc) is 3.48. The van der Waals surface area contributed by atoms with Gasteiger partial charge >= 0.3 is 0 Å². The zero-order valence-corrected chi connectivity index (χ0v) is 19.4. The van der Waals surface area contributed by atoms with Crippen LogP contribution >= 0.6 is 0 Å². The summed E-state index contributed by atoms with van der Waals surface area (Å²) < 4.78 is 48.3. The Morgan fingerprint density at radius 3 is 2.94 bits per heavy atom. The lowest BCUT2D eigenvalue weighted by Gasteiger charge is -2.27. The third kappa shape index (κ3) is 3.93. The second kappa shape index (κ2) is 8.53. The van der Waals surface area contributed by atoms with E-state index in [2.05, 4.69) is 20.5 Å². The minimum atomic E-state index is -3.29. The Kier molecular flexibility index (Phi) is 5.69. The maximum absolute atomic E-state index is 14.6. The van der Waals surface area contributed by atoms with E-state index in [0.717, 1.165) is 28.9 Å². The molecule has 33 heavy (non-hydrogen) atoms. The average molecular weight is 475 g/mol. The zero-order chi connectivity index (χ0) is 23.2. The number of hydrogen-bond acceptors (Lipinski definition) is 7. The molecule has 0 aromatic carbocycles. The lowest BCUT2D eigenvalue weighted by atomic mass is 9.88. The number of sulfonamides is 1. The van der Waals surface area contributed by atoms with Crippen LogP contribution < -0.4 is 5.32 Å². The maximum Gasteiger partial charge on any atom is 0.216 e. The zero-order valence-electron chi connectivity index (χ0n) is 18.6. The molecule has 3 aliphatic rings. The minimum absolute atomic E-state index is 0.310. The summed E-state index contributed by atoms with van der Waals surface area (Å²) in [4.78, 5) is 4.56. The first-order chi connectivity index (χ1) is 15.9. The van der Waals surface area contributed by atoms with Crippen LogP contribution in [0.5, 0.6) is 0 Å². The lowest BCUT2D eigenvalue weighted by Crippen LogP contribution is -2.39. The molecule has 0 saturated heterocycles. The fraction of sp³-hybridized carbons (Fsp3) is 0.500. The summed E-state index contributed by atoms with van der Waals surface area (Å²) in [6.07, 6.45) is 8.70. The van der Waals surface area contributed by atoms with E-state index < -0.39 is 21.4 Å². The van der Waals surface area contributed by atoms with Gasteiger partial charge in [-0.3, -0.25) is 4.40 Å². The fourth-order valence-corrected chi connectivity index (χ4v) is 5.78. The maximum atomic E-state index is 14.6. The topological polar surface area (TPSA) is 102 Å². The molecule has 4 heterocycles. The van der Waals surface area contributed by atoms with Crippen LogP contribution in [0.15, 0.2) is 42.1 Å². The van der Waals surface area contributed by atoms with Crippen molar-refractivity contribution in [3.05, 3.63) is 47.6 Å². The van der Waals surface area contributed by atoms with Gasteiger partial charge in [0.25, 0.3) is 0 Å². The third-order valence-electron chi connectivity index (χ3n) is 6.50. The first-order valence-corrected chi connectivity index (χ1v) is 12.7. The van der Waals surface area contributed by atoms with E-state index in [-0.39, 0.29) is 5.92 Å². The van der Waals surface area contributed by atoms with Crippen LogP contribution in [-0.4, -0.2) is 70.0 Å². The first-order valence-electron chi connectivity index (χ1n) is 11.2. The summed E-state index contributed by atoms with van der Waals surface area (Å²) in [6, 6.07) is 0. The third-order valence-corrected chi connectivity index (χ3v) is 8.74. The van der Waals surface area contributed by atoms with E-state index in [1.807, 2.05) is 6.08 Å². The number of anilines is 1. The van der Waals surface area contributed by atoms with Gasteiger partial charge in [-0.05, 0) is 43.6 Å². The van der Waals surface area contributed by atoms with Crippen LogP contribution in [0.2, 0.25) is 0 Å². The van der Waals surface area contributed by atoms with Crippen LogP contribution in [-0.2, 0) is 14.8 Å². The summed E-state index contributed by atoms with van der Waals surface area (Å²) in [7, 11) is -3.29. The molecule has 0 radical (unpaired) electrons. The molecule has 2 aliphatic heterocycles. The Balaban J connectivity index is 1.36. The number of nitrogens with zero attached hydrogens (tertiary/aromatic N) is 5. The Hall–Kier alpha value is -2.79. The Labute approximate surface area is 192 Å². The minimum Gasteiger partial charge on any atom is -0.493 e. The number of hydrogen-bond donors (Lipinski definition) is 1. The number of allylic oxidation sites excluding steroid dienone is 2. The summed E-state index contributed by atoms with van der Waals surface area (Å²) in [6.45, 7) is 5.08. The van der Waals surface area contributed by atoms with Crippen molar-refractivity contribution in [1.82, 2.24) is 23.9 Å². The molecule has 1 unspecified atom stereocenters. The highest BCUT2D eigenvalue weighted by Crippen LogP contribution is 2.35. The predicted octanol–water partition coefficient (Wildman–Crippen LogP) is 2.56. The molecule has 5 rings (SSSR count). The fourth-order valence-electron chi connectivity index (χ4n) is 4.55. The number of alkyl halides is 1. The van der Waals surface area contributed by atoms with Crippen molar-refractivity contribution in [2.45, 2.75) is 38.1 Å². The van der Waals surface area contributed by atoms with Gasteiger partial charge in [0.05, 0.1) is 11.9 Å². The van der Waals surface area contributed by atoms with E-state index in [4.69, 9.17) is 4.74 Å². The van der Waals surface area contributed by atoms with Gasteiger partial charge in [-0.1, -0.05) is 6.08 Å². The summed E-state index contributed by atoms with van der Waals surface area (Å²) >= 11 is 0. The van der Waals surface area contributed by atoms with Crippen LogP contribution in [0.4, 0.5) is 10.3 Å². The molecular weight excluding hydrogens is 447 g/mol. The van der Waals surface area contributed by atoms with E-state index in [9.17, 15) is 12.8 Å². The van der Waals surface area contributed by atoms with Crippen molar-refractivity contribution in [3.63, 3.8) is 0 Å². The van der Waals surface area contributed by atoms with Crippen LogP contribution in [0.25, 0.3) is 11.2 Å². The van der Waals surface area contributed by atoms with Crippen LogP contribution in [0.3, 0.4) is 0 Å². The lowest BCUT2D eigenvalue weighted by molar-refractivity contribution is 0.254. The molecule has 9 nitrogen and oxygen atoms in total. The Bertz CT molecular complexity index is 1270.